The van der Waals surface area contributed by atoms with Crippen molar-refractivity contribution >= 4 is 44.7 Å². The first-order chi connectivity index (χ1) is 8.08. The van der Waals surface area contributed by atoms with Gasteiger partial charge in [-0.1, -0.05) is 11.6 Å². The van der Waals surface area contributed by atoms with Crippen LogP contribution in [0.2, 0.25) is 5.02 Å². The summed E-state index contributed by atoms with van der Waals surface area (Å²) in [6, 6.07) is 6.04. The van der Waals surface area contributed by atoms with Gasteiger partial charge in [0.2, 0.25) is 0 Å². The van der Waals surface area contributed by atoms with Gasteiger partial charge in [-0.3, -0.25) is 0 Å². The van der Waals surface area contributed by atoms with Gasteiger partial charge in [-0.25, -0.2) is 9.37 Å². The minimum absolute atomic E-state index is 0.264. The van der Waals surface area contributed by atoms with Crippen LogP contribution >= 0.6 is 27.5 Å². The molecule has 0 saturated heterocycles. The number of halogens is 3. The molecule has 2 aromatic rings. The summed E-state index contributed by atoms with van der Waals surface area (Å²) in [5.41, 5.74) is 6.85. The lowest BCUT2D eigenvalue weighted by Gasteiger charge is -2.11. The normalized spacial score (nSPS) is 10.3. The molecule has 2 rings (SSSR count). The number of nitrogen functional groups attached to an aromatic ring is 1. The molecular formula is C11H8BrClFN3. The predicted octanol–water partition coefficient (Wildman–Crippen LogP) is 3.96. The maximum absolute atomic E-state index is 13.0. The molecule has 0 atom stereocenters. The molecule has 0 aliphatic rings. The third-order valence-corrected chi connectivity index (χ3v) is 3.03. The molecule has 0 amide bonds. The molecule has 0 bridgehead atoms. The first-order valence-corrected chi connectivity index (χ1v) is 5.87. The molecule has 88 valence electrons. The van der Waals surface area contributed by atoms with Gasteiger partial charge >= 0.3 is 0 Å². The van der Waals surface area contributed by atoms with Crippen LogP contribution in [0.3, 0.4) is 0 Å². The molecule has 6 heteroatoms. The van der Waals surface area contributed by atoms with Crippen molar-refractivity contribution in [3.8, 4) is 0 Å². The average molecular weight is 317 g/mol. The van der Waals surface area contributed by atoms with Crippen molar-refractivity contribution in [3.05, 3.63) is 45.8 Å². The van der Waals surface area contributed by atoms with Gasteiger partial charge in [0.1, 0.15) is 11.6 Å². The second-order valence-electron chi connectivity index (χ2n) is 3.31. The maximum Gasteiger partial charge on any atom is 0.147 e. The minimum Gasteiger partial charge on any atom is -0.382 e. The van der Waals surface area contributed by atoms with Crippen LogP contribution in [-0.2, 0) is 0 Å². The van der Waals surface area contributed by atoms with Gasteiger partial charge in [0, 0.05) is 10.7 Å². The van der Waals surface area contributed by atoms with Gasteiger partial charge in [-0.2, -0.15) is 0 Å². The second kappa shape index (κ2) is 4.89. The summed E-state index contributed by atoms with van der Waals surface area (Å²) < 4.78 is 13.6. The molecule has 17 heavy (non-hydrogen) atoms. The quantitative estimate of drug-likeness (QED) is 0.881. The van der Waals surface area contributed by atoms with Crippen LogP contribution in [0.5, 0.6) is 0 Å². The number of aromatic nitrogens is 1. The van der Waals surface area contributed by atoms with Crippen LogP contribution in [0, 0.1) is 5.82 Å². The van der Waals surface area contributed by atoms with Crippen LogP contribution in [-0.4, -0.2) is 4.98 Å². The zero-order chi connectivity index (χ0) is 12.4. The molecule has 1 heterocycles. The summed E-state index contributed by atoms with van der Waals surface area (Å²) in [4.78, 5) is 3.93. The fourth-order valence-corrected chi connectivity index (χ4v) is 2.22. The molecule has 0 aliphatic carbocycles. The zero-order valence-corrected chi connectivity index (χ0v) is 10.9. The summed E-state index contributed by atoms with van der Waals surface area (Å²) in [7, 11) is 0. The van der Waals surface area contributed by atoms with Crippen LogP contribution in [0.25, 0.3) is 0 Å². The Balaban J connectivity index is 2.40. The Labute approximate surface area is 111 Å². The predicted molar refractivity (Wildman–Crippen MR) is 71.0 cm³/mol. The lowest BCUT2D eigenvalue weighted by molar-refractivity contribution is 0.627. The van der Waals surface area contributed by atoms with E-state index in [1.807, 2.05) is 0 Å². The lowest BCUT2D eigenvalue weighted by Crippen LogP contribution is -1.99. The highest BCUT2D eigenvalue weighted by Gasteiger charge is 2.09. The van der Waals surface area contributed by atoms with Crippen molar-refractivity contribution in [1.82, 2.24) is 4.98 Å². The van der Waals surface area contributed by atoms with E-state index in [4.69, 9.17) is 17.3 Å². The highest BCUT2D eigenvalue weighted by atomic mass is 79.9. The first kappa shape index (κ1) is 12.1. The van der Waals surface area contributed by atoms with Crippen LogP contribution in [0.15, 0.2) is 34.9 Å². The number of nitrogens with zero attached hydrogens (tertiary/aromatic N) is 1. The van der Waals surface area contributed by atoms with Crippen molar-refractivity contribution in [1.29, 1.82) is 0 Å². The molecule has 1 aromatic heterocycles. The molecule has 0 unspecified atom stereocenters. The molecule has 3 nitrogen and oxygen atoms in total. The van der Waals surface area contributed by atoms with Crippen molar-refractivity contribution in [2.24, 2.45) is 0 Å². The largest absolute Gasteiger partial charge is 0.382 e. The smallest absolute Gasteiger partial charge is 0.147 e. The fourth-order valence-electron chi connectivity index (χ4n) is 1.32. The number of hydrogen-bond donors (Lipinski definition) is 2. The van der Waals surface area contributed by atoms with Gasteiger partial charge in [0.05, 0.1) is 16.4 Å². The number of anilines is 3. The fraction of sp³-hybridized carbons (Fsp3) is 0. The average Bonchev–Trinajstić information content (AvgIpc) is 2.25. The molecule has 3 N–H and O–H groups in total. The van der Waals surface area contributed by atoms with E-state index >= 15 is 0 Å². The summed E-state index contributed by atoms with van der Waals surface area (Å²) in [6.07, 6.45) is 1.59. The van der Waals surface area contributed by atoms with Crippen molar-refractivity contribution in [2.45, 2.75) is 0 Å². The number of rotatable bonds is 2. The van der Waals surface area contributed by atoms with Gasteiger partial charge < -0.3 is 11.1 Å². The van der Waals surface area contributed by atoms with Crippen molar-refractivity contribution < 1.29 is 4.39 Å². The molecule has 0 aliphatic heterocycles. The Morgan fingerprint density at radius 2 is 2.18 bits per heavy atom. The van der Waals surface area contributed by atoms with E-state index in [1.54, 1.807) is 18.3 Å². The van der Waals surface area contributed by atoms with E-state index in [2.05, 4.69) is 26.2 Å². The van der Waals surface area contributed by atoms with Gasteiger partial charge in [-0.05, 0) is 40.2 Å². The lowest BCUT2D eigenvalue weighted by atomic mass is 10.3. The summed E-state index contributed by atoms with van der Waals surface area (Å²) in [5, 5.41) is 3.27. The van der Waals surface area contributed by atoms with E-state index in [0.29, 0.717) is 21.7 Å². The number of nitrogens with one attached hydrogen (secondary N) is 1. The Kier molecular flexibility index (Phi) is 3.49. The van der Waals surface area contributed by atoms with E-state index in [9.17, 15) is 4.39 Å². The van der Waals surface area contributed by atoms with Crippen molar-refractivity contribution in [3.63, 3.8) is 0 Å². The highest BCUT2D eigenvalue weighted by Crippen LogP contribution is 2.34. The van der Waals surface area contributed by atoms with E-state index < -0.39 is 5.82 Å². The third kappa shape index (κ3) is 2.68. The standard InChI is InChI=1S/C11H8BrClFN3/c12-7-4-6(14)5-8(13)10(7)17-9-2-1-3-16-11(9)15/h1-5,17H,(H2,15,16). The molecule has 0 radical (unpaired) electrons. The second-order valence-corrected chi connectivity index (χ2v) is 4.57. The molecule has 1 aromatic carbocycles. The Hall–Kier alpha value is -1.33. The Bertz CT molecular complexity index is 539. The van der Waals surface area contributed by atoms with Gasteiger partial charge in [0.25, 0.3) is 0 Å². The van der Waals surface area contributed by atoms with Gasteiger partial charge in [-0.15, -0.1) is 0 Å². The summed E-state index contributed by atoms with van der Waals surface area (Å²) >= 11 is 9.18. The SMILES string of the molecule is Nc1ncccc1Nc1c(Cl)cc(F)cc1Br. The van der Waals surface area contributed by atoms with Crippen molar-refractivity contribution in [2.75, 3.05) is 11.1 Å². The first-order valence-electron chi connectivity index (χ1n) is 4.70. The number of benzene rings is 1. The molecule has 0 fully saturated rings. The van der Waals surface area contributed by atoms with Crippen LogP contribution in [0.1, 0.15) is 0 Å². The van der Waals surface area contributed by atoms with E-state index in [0.717, 1.165) is 0 Å². The number of nitrogens with two attached hydrogens (primary N) is 1. The van der Waals surface area contributed by atoms with E-state index in [-0.39, 0.29) is 5.02 Å². The van der Waals surface area contributed by atoms with Crippen LogP contribution in [0.4, 0.5) is 21.6 Å². The number of pyridine rings is 1. The Morgan fingerprint density at radius 1 is 1.41 bits per heavy atom. The molecule has 0 saturated carbocycles. The maximum atomic E-state index is 13.0. The molecule has 0 spiro atoms. The topological polar surface area (TPSA) is 50.9 Å². The third-order valence-electron chi connectivity index (χ3n) is 2.11. The molecular weight excluding hydrogens is 308 g/mol. The van der Waals surface area contributed by atoms with Gasteiger partial charge in [0.15, 0.2) is 0 Å². The van der Waals surface area contributed by atoms with E-state index in [1.165, 1.54) is 12.1 Å². The summed E-state index contributed by atoms with van der Waals surface area (Å²) in [6.45, 7) is 0. The Morgan fingerprint density at radius 3 is 2.82 bits per heavy atom. The highest BCUT2D eigenvalue weighted by molar-refractivity contribution is 9.10. The minimum atomic E-state index is -0.411. The number of hydrogen-bond acceptors (Lipinski definition) is 3. The van der Waals surface area contributed by atoms with Crippen LogP contribution < -0.4 is 11.1 Å². The summed E-state index contributed by atoms with van der Waals surface area (Å²) in [5.74, 6) is -0.0635. The monoisotopic (exact) mass is 315 g/mol. The zero-order valence-electron chi connectivity index (χ0n) is 8.55.